The summed E-state index contributed by atoms with van der Waals surface area (Å²) in [5.41, 5.74) is 2.15. The number of carbonyl (C=O) groups excluding carboxylic acids is 2. The SMILES string of the molecule is CCC(=O)Nc1cccc(NC(=O)COc2ccccc2)c1C. The largest absolute Gasteiger partial charge is 0.484 e. The number of anilines is 2. The first-order valence-electron chi connectivity index (χ1n) is 7.47. The van der Waals surface area contributed by atoms with E-state index < -0.39 is 0 Å². The maximum atomic E-state index is 12.0. The minimum atomic E-state index is -0.254. The van der Waals surface area contributed by atoms with Crippen molar-refractivity contribution in [1.29, 1.82) is 0 Å². The predicted octanol–water partition coefficient (Wildman–Crippen LogP) is 3.36. The van der Waals surface area contributed by atoms with Crippen molar-refractivity contribution in [2.45, 2.75) is 20.3 Å². The number of nitrogens with one attached hydrogen (secondary N) is 2. The molecular formula is C18H20N2O3. The van der Waals surface area contributed by atoms with Crippen LogP contribution in [0, 0.1) is 6.92 Å². The Morgan fingerprint density at radius 1 is 0.913 bits per heavy atom. The Morgan fingerprint density at radius 2 is 1.52 bits per heavy atom. The fourth-order valence-corrected chi connectivity index (χ4v) is 2.00. The van der Waals surface area contributed by atoms with Crippen molar-refractivity contribution in [1.82, 2.24) is 0 Å². The van der Waals surface area contributed by atoms with Crippen LogP contribution in [0.4, 0.5) is 11.4 Å². The van der Waals surface area contributed by atoms with Crippen LogP contribution in [-0.2, 0) is 9.59 Å². The van der Waals surface area contributed by atoms with Crippen LogP contribution < -0.4 is 15.4 Å². The molecule has 0 aromatic heterocycles. The second-order valence-electron chi connectivity index (χ2n) is 5.03. The van der Waals surface area contributed by atoms with Gasteiger partial charge in [0.25, 0.3) is 5.91 Å². The first-order valence-corrected chi connectivity index (χ1v) is 7.47. The van der Waals surface area contributed by atoms with Crippen LogP contribution >= 0.6 is 0 Å². The number of hydrogen-bond acceptors (Lipinski definition) is 3. The molecule has 2 amide bonds. The molecule has 0 heterocycles. The lowest BCUT2D eigenvalue weighted by molar-refractivity contribution is -0.118. The number of para-hydroxylation sites is 1. The zero-order chi connectivity index (χ0) is 16.7. The topological polar surface area (TPSA) is 67.4 Å². The molecular weight excluding hydrogens is 292 g/mol. The van der Waals surface area contributed by atoms with E-state index in [4.69, 9.17) is 4.74 Å². The van der Waals surface area contributed by atoms with Gasteiger partial charge in [-0.15, -0.1) is 0 Å². The quantitative estimate of drug-likeness (QED) is 0.859. The van der Waals surface area contributed by atoms with E-state index in [0.29, 0.717) is 23.5 Å². The van der Waals surface area contributed by atoms with Gasteiger partial charge in [-0.2, -0.15) is 0 Å². The van der Waals surface area contributed by atoms with Gasteiger partial charge in [-0.1, -0.05) is 31.2 Å². The van der Waals surface area contributed by atoms with Gasteiger partial charge >= 0.3 is 0 Å². The lowest BCUT2D eigenvalue weighted by atomic mass is 10.1. The summed E-state index contributed by atoms with van der Waals surface area (Å²) in [6.45, 7) is 3.56. The van der Waals surface area contributed by atoms with Crippen LogP contribution in [0.3, 0.4) is 0 Å². The molecule has 0 fully saturated rings. The molecule has 2 aromatic carbocycles. The van der Waals surface area contributed by atoms with Crippen molar-refractivity contribution in [3.63, 3.8) is 0 Å². The molecule has 2 rings (SSSR count). The third-order valence-corrected chi connectivity index (χ3v) is 3.32. The number of amides is 2. The second-order valence-corrected chi connectivity index (χ2v) is 5.03. The van der Waals surface area contributed by atoms with E-state index in [-0.39, 0.29) is 18.4 Å². The van der Waals surface area contributed by atoms with Gasteiger partial charge in [-0.05, 0) is 36.8 Å². The van der Waals surface area contributed by atoms with E-state index in [2.05, 4.69) is 10.6 Å². The normalized spacial score (nSPS) is 10.0. The molecule has 0 unspecified atom stereocenters. The highest BCUT2D eigenvalue weighted by atomic mass is 16.5. The first-order chi connectivity index (χ1) is 11.1. The summed E-state index contributed by atoms with van der Waals surface area (Å²) in [5, 5.41) is 5.61. The first kappa shape index (κ1) is 16.5. The summed E-state index contributed by atoms with van der Waals surface area (Å²) >= 11 is 0. The highest BCUT2D eigenvalue weighted by Gasteiger charge is 2.09. The number of ether oxygens (including phenoxy) is 1. The summed E-state index contributed by atoms with van der Waals surface area (Å²) < 4.78 is 5.41. The molecule has 5 heteroatoms. The Morgan fingerprint density at radius 3 is 2.13 bits per heavy atom. The Balaban J connectivity index is 1.98. The smallest absolute Gasteiger partial charge is 0.262 e. The molecule has 2 N–H and O–H groups in total. The molecule has 0 aliphatic rings. The van der Waals surface area contributed by atoms with Gasteiger partial charge in [0.05, 0.1) is 0 Å². The third-order valence-electron chi connectivity index (χ3n) is 3.32. The average molecular weight is 312 g/mol. The van der Waals surface area contributed by atoms with Crippen molar-refractivity contribution in [3.8, 4) is 5.75 Å². The number of hydrogen-bond donors (Lipinski definition) is 2. The highest BCUT2D eigenvalue weighted by molar-refractivity contribution is 5.96. The molecule has 2 aromatic rings. The number of benzene rings is 2. The molecule has 0 saturated carbocycles. The lowest BCUT2D eigenvalue weighted by Crippen LogP contribution is -2.21. The van der Waals surface area contributed by atoms with Gasteiger partial charge < -0.3 is 15.4 Å². The molecule has 0 spiro atoms. The van der Waals surface area contributed by atoms with Crippen molar-refractivity contribution >= 4 is 23.2 Å². The van der Waals surface area contributed by atoms with E-state index in [1.807, 2.05) is 25.1 Å². The summed E-state index contributed by atoms with van der Waals surface area (Å²) in [7, 11) is 0. The van der Waals surface area contributed by atoms with Crippen molar-refractivity contribution in [2.75, 3.05) is 17.2 Å². The molecule has 0 saturated heterocycles. The van der Waals surface area contributed by atoms with Crippen molar-refractivity contribution in [3.05, 3.63) is 54.1 Å². The Kier molecular flexibility index (Phi) is 5.74. The Labute approximate surface area is 135 Å². The van der Waals surface area contributed by atoms with Gasteiger partial charge in [0.15, 0.2) is 6.61 Å². The van der Waals surface area contributed by atoms with E-state index >= 15 is 0 Å². The van der Waals surface area contributed by atoms with E-state index in [0.717, 1.165) is 5.56 Å². The van der Waals surface area contributed by atoms with Crippen LogP contribution in [0.25, 0.3) is 0 Å². The molecule has 0 atom stereocenters. The van der Waals surface area contributed by atoms with Gasteiger partial charge in [0.2, 0.25) is 5.91 Å². The van der Waals surface area contributed by atoms with Gasteiger partial charge in [0, 0.05) is 17.8 Å². The zero-order valence-corrected chi connectivity index (χ0v) is 13.3. The molecule has 0 bridgehead atoms. The molecule has 0 aliphatic heterocycles. The summed E-state index contributed by atoms with van der Waals surface area (Å²) in [4.78, 5) is 23.5. The molecule has 5 nitrogen and oxygen atoms in total. The molecule has 0 radical (unpaired) electrons. The van der Waals surface area contributed by atoms with E-state index in [1.165, 1.54) is 0 Å². The third kappa shape index (κ3) is 4.85. The maximum absolute atomic E-state index is 12.0. The van der Waals surface area contributed by atoms with Crippen LogP contribution in [0.2, 0.25) is 0 Å². The molecule has 0 aliphatic carbocycles. The van der Waals surface area contributed by atoms with E-state index in [9.17, 15) is 9.59 Å². The molecule has 120 valence electrons. The fourth-order valence-electron chi connectivity index (χ4n) is 2.00. The van der Waals surface area contributed by atoms with Crippen LogP contribution in [0.15, 0.2) is 48.5 Å². The summed E-state index contributed by atoms with van der Waals surface area (Å²) in [6, 6.07) is 14.5. The van der Waals surface area contributed by atoms with Gasteiger partial charge in [-0.3, -0.25) is 9.59 Å². The predicted molar refractivity (Wildman–Crippen MR) is 90.7 cm³/mol. The molecule has 23 heavy (non-hydrogen) atoms. The van der Waals surface area contributed by atoms with Crippen molar-refractivity contribution in [2.24, 2.45) is 0 Å². The summed E-state index contributed by atoms with van der Waals surface area (Å²) in [6.07, 6.45) is 0.404. The van der Waals surface area contributed by atoms with Crippen LogP contribution in [0.1, 0.15) is 18.9 Å². The minimum Gasteiger partial charge on any atom is -0.484 e. The second kappa shape index (κ2) is 7.98. The van der Waals surface area contributed by atoms with Gasteiger partial charge in [-0.25, -0.2) is 0 Å². The minimum absolute atomic E-state index is 0.0658. The lowest BCUT2D eigenvalue weighted by Gasteiger charge is -2.13. The van der Waals surface area contributed by atoms with Crippen molar-refractivity contribution < 1.29 is 14.3 Å². The zero-order valence-electron chi connectivity index (χ0n) is 13.3. The monoisotopic (exact) mass is 312 g/mol. The number of carbonyl (C=O) groups is 2. The summed E-state index contributed by atoms with van der Waals surface area (Å²) in [5.74, 6) is 0.322. The van der Waals surface area contributed by atoms with Gasteiger partial charge in [0.1, 0.15) is 5.75 Å². The average Bonchev–Trinajstić information content (AvgIpc) is 2.57. The highest BCUT2D eigenvalue weighted by Crippen LogP contribution is 2.23. The maximum Gasteiger partial charge on any atom is 0.262 e. The fraction of sp³-hybridized carbons (Fsp3) is 0.222. The Bertz CT molecular complexity index is 684. The standard InChI is InChI=1S/C18H20N2O3/c1-3-17(21)19-15-10-7-11-16(13(15)2)20-18(22)12-23-14-8-5-4-6-9-14/h4-11H,3,12H2,1-2H3,(H,19,21)(H,20,22). The Hall–Kier alpha value is -2.82. The van der Waals surface area contributed by atoms with Crippen LogP contribution in [0.5, 0.6) is 5.75 Å². The van der Waals surface area contributed by atoms with E-state index in [1.54, 1.807) is 37.3 Å². The van der Waals surface area contributed by atoms with Crippen LogP contribution in [-0.4, -0.2) is 18.4 Å². The number of rotatable bonds is 6.